The second-order valence-corrected chi connectivity index (χ2v) is 5.06. The fraction of sp³-hybridized carbons (Fsp3) is 0.600. The molecule has 1 atom stereocenters. The van der Waals surface area contributed by atoms with E-state index in [9.17, 15) is 0 Å². The maximum absolute atomic E-state index is 6.23. The zero-order valence-corrected chi connectivity index (χ0v) is 11.1. The van der Waals surface area contributed by atoms with Gasteiger partial charge in [-0.3, -0.25) is 0 Å². The molecule has 0 saturated heterocycles. The predicted octanol–water partition coefficient (Wildman–Crippen LogP) is 4.86. The van der Waals surface area contributed by atoms with Crippen molar-refractivity contribution in [3.63, 3.8) is 0 Å². The minimum absolute atomic E-state index is 0.506. The quantitative estimate of drug-likeness (QED) is 0.500. The van der Waals surface area contributed by atoms with Crippen molar-refractivity contribution >= 4 is 39.1 Å². The molecule has 1 unspecified atom stereocenters. The number of rotatable bonds is 5. The second kappa shape index (κ2) is 6.10. The second-order valence-electron chi connectivity index (χ2n) is 3.32. The van der Waals surface area contributed by atoms with Gasteiger partial charge in [-0.2, -0.15) is 0 Å². The first-order valence-corrected chi connectivity index (χ1v) is 6.03. The van der Waals surface area contributed by atoms with Gasteiger partial charge in [-0.25, -0.2) is 0 Å². The number of halogens is 3. The monoisotopic (exact) mass is 284 g/mol. The van der Waals surface area contributed by atoms with E-state index in [0.29, 0.717) is 10.4 Å². The topological polar surface area (TPSA) is 0 Å². The van der Waals surface area contributed by atoms with Crippen LogP contribution in [0.4, 0.5) is 0 Å². The Kier molecular flexibility index (Phi) is 6.36. The van der Waals surface area contributed by atoms with Crippen molar-refractivity contribution in [2.75, 3.05) is 5.33 Å². The molecular weight excluding hydrogens is 271 g/mol. The molecule has 3 heteroatoms. The lowest BCUT2D eigenvalue weighted by atomic mass is 10.0. The van der Waals surface area contributed by atoms with E-state index in [-0.39, 0.29) is 0 Å². The van der Waals surface area contributed by atoms with Gasteiger partial charge < -0.3 is 0 Å². The van der Waals surface area contributed by atoms with Crippen LogP contribution in [0.3, 0.4) is 0 Å². The van der Waals surface area contributed by atoms with Crippen molar-refractivity contribution < 1.29 is 0 Å². The largest absolute Gasteiger partial charge is 0.112 e. The molecule has 76 valence electrons. The molecule has 0 bridgehead atoms. The van der Waals surface area contributed by atoms with Crippen LogP contribution in [0.5, 0.6) is 0 Å². The Bertz CT molecular complexity index is 207. The Labute approximate surface area is 99.1 Å². The Balaban J connectivity index is 4.14. The van der Waals surface area contributed by atoms with Crippen molar-refractivity contribution in [3.8, 4) is 0 Å². The number of alkyl halides is 2. The molecule has 0 radical (unpaired) electrons. The average molecular weight is 286 g/mol. The molecule has 0 aromatic rings. The summed E-state index contributed by atoms with van der Waals surface area (Å²) >= 11 is 15.4. The van der Waals surface area contributed by atoms with Gasteiger partial charge in [0.05, 0.1) is 4.87 Å². The van der Waals surface area contributed by atoms with Gasteiger partial charge in [0.1, 0.15) is 0 Å². The molecule has 0 aromatic heterocycles. The lowest BCUT2D eigenvalue weighted by molar-refractivity contribution is 0.699. The minimum atomic E-state index is -0.506. The van der Waals surface area contributed by atoms with Crippen molar-refractivity contribution in [1.82, 2.24) is 0 Å². The van der Waals surface area contributed by atoms with Crippen LogP contribution in [-0.2, 0) is 0 Å². The highest BCUT2D eigenvalue weighted by molar-refractivity contribution is 9.09. The molecule has 0 spiro atoms. The van der Waals surface area contributed by atoms with E-state index < -0.39 is 4.87 Å². The summed E-state index contributed by atoms with van der Waals surface area (Å²) < 4.78 is 0. The lowest BCUT2D eigenvalue weighted by Gasteiger charge is -2.22. The Morgan fingerprint density at radius 3 is 2.38 bits per heavy atom. The van der Waals surface area contributed by atoms with E-state index in [4.69, 9.17) is 23.2 Å². The average Bonchev–Trinajstić information content (AvgIpc) is 2.03. The molecule has 0 aromatic carbocycles. The fourth-order valence-electron chi connectivity index (χ4n) is 0.865. The molecular formula is C10H15BrCl2. The summed E-state index contributed by atoms with van der Waals surface area (Å²) in [5.41, 5.74) is 1.30. The van der Waals surface area contributed by atoms with Crippen LogP contribution in [0.15, 0.2) is 23.3 Å². The molecule has 0 N–H and O–H groups in total. The first-order valence-electron chi connectivity index (χ1n) is 4.15. The van der Waals surface area contributed by atoms with Crippen LogP contribution >= 0.6 is 39.1 Å². The van der Waals surface area contributed by atoms with Crippen LogP contribution in [-0.4, -0.2) is 10.2 Å². The molecule has 0 heterocycles. The van der Waals surface area contributed by atoms with Crippen molar-refractivity contribution in [2.24, 2.45) is 0 Å². The van der Waals surface area contributed by atoms with Crippen LogP contribution in [0.2, 0.25) is 0 Å². The van der Waals surface area contributed by atoms with E-state index in [1.165, 1.54) is 5.57 Å². The number of hydrogen-bond donors (Lipinski definition) is 0. The molecule has 13 heavy (non-hydrogen) atoms. The Hall–Kier alpha value is 0.540. The molecule has 0 aliphatic heterocycles. The third-order valence-corrected chi connectivity index (χ3v) is 4.08. The standard InChI is InChI=1S/C10H15BrCl2/c1-8(2)5-4-6-10(13,7-11)9(3)12/h5H,3-4,6-7H2,1-2H3. The van der Waals surface area contributed by atoms with Gasteiger partial charge >= 0.3 is 0 Å². The van der Waals surface area contributed by atoms with E-state index >= 15 is 0 Å². The fourth-order valence-corrected chi connectivity index (χ4v) is 1.92. The van der Waals surface area contributed by atoms with E-state index in [0.717, 1.165) is 12.8 Å². The van der Waals surface area contributed by atoms with Gasteiger partial charge in [0, 0.05) is 10.4 Å². The third-order valence-electron chi connectivity index (χ3n) is 1.79. The third kappa shape index (κ3) is 5.09. The van der Waals surface area contributed by atoms with Gasteiger partial charge in [0.15, 0.2) is 0 Å². The van der Waals surface area contributed by atoms with Crippen LogP contribution in [0, 0.1) is 0 Å². The van der Waals surface area contributed by atoms with Gasteiger partial charge in [0.25, 0.3) is 0 Å². The van der Waals surface area contributed by atoms with Crippen LogP contribution in [0.25, 0.3) is 0 Å². The summed E-state index contributed by atoms with van der Waals surface area (Å²) in [7, 11) is 0. The molecule has 0 aliphatic carbocycles. The van der Waals surface area contributed by atoms with E-state index in [1.54, 1.807) is 0 Å². The zero-order valence-electron chi connectivity index (χ0n) is 8.04. The molecule has 0 nitrogen and oxygen atoms in total. The first-order chi connectivity index (χ1) is 5.92. The summed E-state index contributed by atoms with van der Waals surface area (Å²) in [6.07, 6.45) is 3.90. The predicted molar refractivity (Wildman–Crippen MR) is 66.0 cm³/mol. The molecule has 0 amide bonds. The summed E-state index contributed by atoms with van der Waals surface area (Å²) in [5.74, 6) is 0. The van der Waals surface area contributed by atoms with Crippen molar-refractivity contribution in [1.29, 1.82) is 0 Å². The Morgan fingerprint density at radius 1 is 1.54 bits per heavy atom. The van der Waals surface area contributed by atoms with Gasteiger partial charge in [0.2, 0.25) is 0 Å². The maximum atomic E-state index is 6.23. The van der Waals surface area contributed by atoms with E-state index in [1.807, 2.05) is 0 Å². The minimum Gasteiger partial charge on any atom is -0.112 e. The first kappa shape index (κ1) is 13.5. The van der Waals surface area contributed by atoms with Gasteiger partial charge in [-0.15, -0.1) is 11.6 Å². The van der Waals surface area contributed by atoms with Gasteiger partial charge in [-0.05, 0) is 26.7 Å². The van der Waals surface area contributed by atoms with Crippen molar-refractivity contribution in [3.05, 3.63) is 23.3 Å². The molecule has 0 rings (SSSR count). The zero-order chi connectivity index (χ0) is 10.5. The summed E-state index contributed by atoms with van der Waals surface area (Å²) in [5, 5.41) is 1.15. The lowest BCUT2D eigenvalue weighted by Crippen LogP contribution is -2.23. The highest BCUT2D eigenvalue weighted by Crippen LogP contribution is 2.34. The summed E-state index contributed by atoms with van der Waals surface area (Å²) in [6, 6.07) is 0. The summed E-state index contributed by atoms with van der Waals surface area (Å²) in [6.45, 7) is 7.82. The Morgan fingerprint density at radius 2 is 2.08 bits per heavy atom. The normalized spacial score (nSPS) is 14.8. The number of allylic oxidation sites excluding steroid dienone is 3. The highest BCUT2D eigenvalue weighted by atomic mass is 79.9. The van der Waals surface area contributed by atoms with Crippen molar-refractivity contribution in [2.45, 2.75) is 31.6 Å². The molecule has 0 aliphatic rings. The van der Waals surface area contributed by atoms with Crippen LogP contribution in [0.1, 0.15) is 26.7 Å². The molecule has 0 saturated carbocycles. The van der Waals surface area contributed by atoms with Gasteiger partial charge in [-0.1, -0.05) is 45.8 Å². The summed E-state index contributed by atoms with van der Waals surface area (Å²) in [4.78, 5) is -0.506. The highest BCUT2D eigenvalue weighted by Gasteiger charge is 2.27. The number of hydrogen-bond acceptors (Lipinski definition) is 0. The maximum Gasteiger partial charge on any atom is 0.0894 e. The van der Waals surface area contributed by atoms with E-state index in [2.05, 4.69) is 42.4 Å². The smallest absolute Gasteiger partial charge is 0.0894 e. The molecule has 0 fully saturated rings. The SMILES string of the molecule is C=C(Cl)C(Cl)(CBr)CCC=C(C)C. The van der Waals surface area contributed by atoms with Crippen LogP contribution < -0.4 is 0 Å².